The normalized spacial score (nSPS) is 15.4. The Hall–Kier alpha value is -2.82. The molecule has 3 aromatic rings. The van der Waals surface area contributed by atoms with Crippen LogP contribution in [0.4, 0.5) is 0 Å². The number of aromatic nitrogens is 2. The van der Waals surface area contributed by atoms with Gasteiger partial charge in [0.1, 0.15) is 15.6 Å². The molecule has 10 heteroatoms. The Labute approximate surface area is 191 Å². The van der Waals surface area contributed by atoms with Crippen molar-refractivity contribution in [2.75, 3.05) is 20.2 Å². The van der Waals surface area contributed by atoms with E-state index in [1.54, 1.807) is 30.5 Å². The van der Waals surface area contributed by atoms with E-state index in [-0.39, 0.29) is 16.8 Å². The quantitative estimate of drug-likeness (QED) is 0.592. The van der Waals surface area contributed by atoms with Gasteiger partial charge in [-0.05, 0) is 56.2 Å². The summed E-state index contributed by atoms with van der Waals surface area (Å²) in [6.45, 7) is 2.50. The van der Waals surface area contributed by atoms with Crippen LogP contribution in [0.2, 0.25) is 0 Å². The number of ether oxygens (including phenoxy) is 1. The first-order chi connectivity index (χ1) is 15.4. The molecule has 8 nitrogen and oxygen atoms in total. The molecule has 32 heavy (non-hydrogen) atoms. The van der Waals surface area contributed by atoms with Gasteiger partial charge >= 0.3 is 0 Å². The zero-order chi connectivity index (χ0) is 22.7. The number of carbonyl (C=O) groups excluding carboxylic acids is 1. The second-order valence-electron chi connectivity index (χ2n) is 7.48. The van der Waals surface area contributed by atoms with Crippen molar-refractivity contribution in [2.45, 2.75) is 30.7 Å². The molecule has 1 aliphatic rings. The summed E-state index contributed by atoms with van der Waals surface area (Å²) >= 11 is 1.31. The highest BCUT2D eigenvalue weighted by molar-refractivity contribution is 7.89. The molecule has 0 bridgehead atoms. The number of sulfonamides is 1. The van der Waals surface area contributed by atoms with Gasteiger partial charge in [0.05, 0.1) is 23.4 Å². The summed E-state index contributed by atoms with van der Waals surface area (Å²) in [6.07, 6.45) is 2.79. The smallest absolute Gasteiger partial charge is 0.263 e. The average Bonchev–Trinajstić information content (AvgIpc) is 3.22. The van der Waals surface area contributed by atoms with E-state index < -0.39 is 10.0 Å². The summed E-state index contributed by atoms with van der Waals surface area (Å²) in [5.74, 6) is 0.425. The molecule has 2 aromatic heterocycles. The van der Waals surface area contributed by atoms with Gasteiger partial charge in [-0.25, -0.2) is 13.4 Å². The summed E-state index contributed by atoms with van der Waals surface area (Å²) in [5, 5.41) is 3.74. The van der Waals surface area contributed by atoms with Crippen LogP contribution in [0.3, 0.4) is 0 Å². The number of carbonyl (C=O) groups is 1. The van der Waals surface area contributed by atoms with Crippen LogP contribution >= 0.6 is 11.3 Å². The highest BCUT2D eigenvalue weighted by atomic mass is 32.2. The molecule has 1 amide bonds. The zero-order valence-corrected chi connectivity index (χ0v) is 19.4. The van der Waals surface area contributed by atoms with Gasteiger partial charge in [0.15, 0.2) is 0 Å². The number of methoxy groups -OCH3 is 1. The fourth-order valence-electron chi connectivity index (χ4n) is 3.59. The molecule has 3 heterocycles. The molecule has 0 unspecified atom stereocenters. The molecule has 0 aliphatic carbocycles. The predicted octanol–water partition coefficient (Wildman–Crippen LogP) is 3.11. The largest absolute Gasteiger partial charge is 0.497 e. The van der Waals surface area contributed by atoms with E-state index in [9.17, 15) is 13.2 Å². The lowest BCUT2D eigenvalue weighted by atomic mass is 10.1. The topological polar surface area (TPSA) is 101 Å². The summed E-state index contributed by atoms with van der Waals surface area (Å²) in [4.78, 5) is 22.4. The lowest BCUT2D eigenvalue weighted by molar-refractivity contribution is 0.0927. The van der Waals surface area contributed by atoms with E-state index in [0.29, 0.717) is 47.3 Å². The first kappa shape index (κ1) is 22.4. The third kappa shape index (κ3) is 4.67. The summed E-state index contributed by atoms with van der Waals surface area (Å²) in [7, 11) is -2.04. The van der Waals surface area contributed by atoms with Crippen LogP contribution in [0.25, 0.3) is 10.7 Å². The lowest BCUT2D eigenvalue weighted by Crippen LogP contribution is -2.46. The van der Waals surface area contributed by atoms with Crippen molar-refractivity contribution in [1.29, 1.82) is 0 Å². The van der Waals surface area contributed by atoms with Gasteiger partial charge in [0.2, 0.25) is 10.0 Å². The Morgan fingerprint density at radius 2 is 1.88 bits per heavy atom. The maximum atomic E-state index is 12.9. The maximum absolute atomic E-state index is 12.9. The minimum Gasteiger partial charge on any atom is -0.497 e. The maximum Gasteiger partial charge on any atom is 0.263 e. The fraction of sp³-hybridized carbons (Fsp3) is 0.318. The second kappa shape index (κ2) is 9.35. The van der Waals surface area contributed by atoms with Crippen LogP contribution < -0.4 is 10.1 Å². The van der Waals surface area contributed by atoms with Crippen molar-refractivity contribution < 1.29 is 17.9 Å². The van der Waals surface area contributed by atoms with Crippen LogP contribution in [0.5, 0.6) is 5.75 Å². The van der Waals surface area contributed by atoms with E-state index in [1.165, 1.54) is 22.8 Å². The van der Waals surface area contributed by atoms with Crippen molar-refractivity contribution >= 4 is 27.3 Å². The molecular formula is C22H24N4O4S2. The molecule has 0 spiro atoms. The highest BCUT2D eigenvalue weighted by Crippen LogP contribution is 2.27. The van der Waals surface area contributed by atoms with Crippen LogP contribution in [0, 0.1) is 6.92 Å². The second-order valence-corrected chi connectivity index (χ2v) is 10.4. The van der Waals surface area contributed by atoms with E-state index in [0.717, 1.165) is 5.69 Å². The molecule has 0 atom stereocenters. The van der Waals surface area contributed by atoms with Crippen LogP contribution in [0.15, 0.2) is 53.6 Å². The van der Waals surface area contributed by atoms with Gasteiger partial charge in [0.25, 0.3) is 5.91 Å². The van der Waals surface area contributed by atoms with Gasteiger partial charge in [-0.2, -0.15) is 4.31 Å². The van der Waals surface area contributed by atoms with Crippen molar-refractivity contribution in [1.82, 2.24) is 19.6 Å². The van der Waals surface area contributed by atoms with Crippen molar-refractivity contribution in [3.8, 4) is 16.5 Å². The number of rotatable bonds is 6. The lowest BCUT2D eigenvalue weighted by Gasteiger charge is -2.31. The molecular weight excluding hydrogens is 448 g/mol. The van der Waals surface area contributed by atoms with E-state index in [1.807, 2.05) is 25.1 Å². The Bertz CT molecular complexity index is 1190. The standard InChI is InChI=1S/C22H24N4O4S2/c1-15-20(31-22(24-15)19-5-3-4-12-23-19)21(27)25-16-10-13-26(14-11-16)32(28,29)18-8-6-17(30-2)7-9-18/h3-9,12,16H,10-11,13-14H2,1-2H3,(H,25,27). The SMILES string of the molecule is COc1ccc(S(=O)(=O)N2CCC(NC(=O)c3sc(-c4ccccn4)nc3C)CC2)cc1. The van der Waals surface area contributed by atoms with Crippen molar-refractivity contribution in [2.24, 2.45) is 0 Å². The first-order valence-corrected chi connectivity index (χ1v) is 12.5. The van der Waals surface area contributed by atoms with E-state index in [4.69, 9.17) is 4.74 Å². The molecule has 0 radical (unpaired) electrons. The number of nitrogens with zero attached hydrogens (tertiary/aromatic N) is 3. The number of benzene rings is 1. The molecule has 1 aliphatic heterocycles. The van der Waals surface area contributed by atoms with Crippen molar-refractivity contribution in [3.63, 3.8) is 0 Å². The third-order valence-corrected chi connectivity index (χ3v) is 8.46. The van der Waals surface area contributed by atoms with E-state index >= 15 is 0 Å². The van der Waals surface area contributed by atoms with Crippen LogP contribution in [-0.2, 0) is 10.0 Å². The van der Waals surface area contributed by atoms with E-state index in [2.05, 4.69) is 15.3 Å². The number of thiazole rings is 1. The zero-order valence-electron chi connectivity index (χ0n) is 17.8. The number of nitrogens with one attached hydrogen (secondary N) is 1. The van der Waals surface area contributed by atoms with Gasteiger partial charge in [0, 0.05) is 25.3 Å². The predicted molar refractivity (Wildman–Crippen MR) is 122 cm³/mol. The summed E-state index contributed by atoms with van der Waals surface area (Å²) < 4.78 is 32.4. The number of aryl methyl sites for hydroxylation is 1. The molecule has 1 fully saturated rings. The highest BCUT2D eigenvalue weighted by Gasteiger charge is 2.30. The van der Waals surface area contributed by atoms with Crippen molar-refractivity contribution in [3.05, 3.63) is 59.2 Å². The average molecular weight is 473 g/mol. The number of piperidine rings is 1. The number of hydrogen-bond donors (Lipinski definition) is 1. The molecule has 168 valence electrons. The Morgan fingerprint density at radius 1 is 1.16 bits per heavy atom. The summed E-state index contributed by atoms with van der Waals surface area (Å²) in [6, 6.07) is 11.9. The van der Waals surface area contributed by atoms with Crippen LogP contribution in [0.1, 0.15) is 28.2 Å². The van der Waals surface area contributed by atoms with Gasteiger partial charge < -0.3 is 10.1 Å². The molecule has 1 saturated heterocycles. The monoisotopic (exact) mass is 472 g/mol. The Morgan fingerprint density at radius 3 is 2.50 bits per heavy atom. The fourth-order valence-corrected chi connectivity index (χ4v) is 6.01. The molecule has 1 aromatic carbocycles. The third-order valence-electron chi connectivity index (χ3n) is 5.37. The van der Waals surface area contributed by atoms with Gasteiger partial charge in [-0.3, -0.25) is 9.78 Å². The number of hydrogen-bond acceptors (Lipinski definition) is 7. The Kier molecular flexibility index (Phi) is 6.54. The van der Waals surface area contributed by atoms with Gasteiger partial charge in [-0.1, -0.05) is 6.07 Å². The van der Waals surface area contributed by atoms with Gasteiger partial charge in [-0.15, -0.1) is 11.3 Å². The number of amides is 1. The minimum atomic E-state index is -3.57. The van der Waals surface area contributed by atoms with Crippen LogP contribution in [-0.4, -0.2) is 54.8 Å². The summed E-state index contributed by atoms with van der Waals surface area (Å²) in [5.41, 5.74) is 1.39. The Balaban J connectivity index is 1.38. The molecule has 1 N–H and O–H groups in total. The molecule has 0 saturated carbocycles. The number of pyridine rings is 1. The molecule has 4 rings (SSSR count). The minimum absolute atomic E-state index is 0.0929. The first-order valence-electron chi connectivity index (χ1n) is 10.2.